The maximum absolute atomic E-state index is 12.4. The van der Waals surface area contributed by atoms with Gasteiger partial charge in [0.05, 0.1) is 19.0 Å². The maximum atomic E-state index is 12.4. The van der Waals surface area contributed by atoms with Gasteiger partial charge in [-0.25, -0.2) is 8.42 Å². The summed E-state index contributed by atoms with van der Waals surface area (Å²) < 4.78 is 37.8. The zero-order valence-electron chi connectivity index (χ0n) is 13.3. The van der Waals surface area contributed by atoms with Crippen LogP contribution >= 0.6 is 0 Å². The van der Waals surface area contributed by atoms with Crippen LogP contribution in [0.3, 0.4) is 0 Å². The highest BCUT2D eigenvalue weighted by Gasteiger charge is 2.29. The van der Waals surface area contributed by atoms with E-state index in [1.807, 2.05) is 0 Å². The molecule has 22 heavy (non-hydrogen) atoms. The number of hydrogen-bond donors (Lipinski definition) is 1. The molecule has 1 aliphatic rings. The highest BCUT2D eigenvalue weighted by atomic mass is 32.2. The fourth-order valence-electron chi connectivity index (χ4n) is 2.86. The Hall–Kier alpha value is -1.34. The Balaban J connectivity index is 2.09. The van der Waals surface area contributed by atoms with E-state index >= 15 is 0 Å². The Morgan fingerprint density at radius 1 is 1.32 bits per heavy atom. The molecule has 0 amide bonds. The Morgan fingerprint density at radius 2 is 2.00 bits per heavy atom. The van der Waals surface area contributed by atoms with Crippen molar-refractivity contribution in [3.05, 3.63) is 17.7 Å². The number of methoxy groups -OCH3 is 2. The molecule has 1 aromatic heterocycles. The highest BCUT2D eigenvalue weighted by molar-refractivity contribution is 7.92. The number of nitrogens with one attached hydrogen (secondary N) is 1. The first-order valence-electron chi connectivity index (χ1n) is 7.50. The van der Waals surface area contributed by atoms with E-state index in [2.05, 4.69) is 9.71 Å². The van der Waals surface area contributed by atoms with Gasteiger partial charge >= 0.3 is 0 Å². The summed E-state index contributed by atoms with van der Waals surface area (Å²) in [6.07, 6.45) is 4.09. The number of anilines is 1. The molecule has 1 unspecified atom stereocenters. The molecule has 1 aliphatic carbocycles. The van der Waals surface area contributed by atoms with Crippen molar-refractivity contribution in [3.8, 4) is 5.88 Å². The average molecular weight is 328 g/mol. The highest BCUT2D eigenvalue weighted by Crippen LogP contribution is 2.30. The first-order chi connectivity index (χ1) is 10.4. The molecule has 0 aromatic carbocycles. The summed E-state index contributed by atoms with van der Waals surface area (Å²) in [5.41, 5.74) is 0.749. The lowest BCUT2D eigenvalue weighted by atomic mass is 10.0. The first kappa shape index (κ1) is 17.0. The molecule has 124 valence electrons. The van der Waals surface area contributed by atoms with Gasteiger partial charge < -0.3 is 9.47 Å². The zero-order chi connectivity index (χ0) is 16.2. The first-order valence-corrected chi connectivity index (χ1v) is 9.15. The number of pyridine rings is 1. The van der Waals surface area contributed by atoms with E-state index in [-0.39, 0.29) is 11.9 Å². The van der Waals surface area contributed by atoms with Gasteiger partial charge in [-0.05, 0) is 31.2 Å². The third-order valence-corrected chi connectivity index (χ3v) is 5.42. The van der Waals surface area contributed by atoms with E-state index in [9.17, 15) is 8.42 Å². The fourth-order valence-corrected chi connectivity index (χ4v) is 4.28. The summed E-state index contributed by atoms with van der Waals surface area (Å²) in [4.78, 5) is 4.15. The summed E-state index contributed by atoms with van der Waals surface area (Å²) in [6.45, 7) is 1.80. The maximum Gasteiger partial charge on any atom is 0.236 e. The number of ether oxygens (including phenoxy) is 2. The smallest absolute Gasteiger partial charge is 0.236 e. The lowest BCUT2D eigenvalue weighted by Gasteiger charge is -2.22. The molecule has 1 aromatic rings. The van der Waals surface area contributed by atoms with E-state index < -0.39 is 10.0 Å². The molecule has 0 radical (unpaired) electrons. The van der Waals surface area contributed by atoms with Crippen molar-refractivity contribution in [2.24, 2.45) is 5.92 Å². The number of aromatic nitrogens is 1. The zero-order valence-corrected chi connectivity index (χ0v) is 14.1. The number of nitrogens with zero attached hydrogens (tertiary/aromatic N) is 1. The molecule has 1 atom stereocenters. The summed E-state index contributed by atoms with van der Waals surface area (Å²) in [7, 11) is -0.450. The Kier molecular flexibility index (Phi) is 5.63. The van der Waals surface area contributed by atoms with Gasteiger partial charge in [-0.2, -0.15) is 4.98 Å². The lowest BCUT2D eigenvalue weighted by Crippen LogP contribution is -2.32. The normalized spacial score (nSPS) is 17.4. The number of sulfonamides is 1. The minimum atomic E-state index is -3.52. The molecule has 1 fully saturated rings. The van der Waals surface area contributed by atoms with Crippen molar-refractivity contribution in [3.63, 3.8) is 0 Å². The predicted octanol–water partition coefficient (Wildman–Crippen LogP) is 2.35. The van der Waals surface area contributed by atoms with Gasteiger partial charge in [0.25, 0.3) is 0 Å². The van der Waals surface area contributed by atoms with Crippen LogP contribution in [0.5, 0.6) is 5.88 Å². The second kappa shape index (κ2) is 7.28. The Labute approximate surface area is 132 Å². The summed E-state index contributed by atoms with van der Waals surface area (Å²) in [5.74, 6) is 0.955. The van der Waals surface area contributed by atoms with Gasteiger partial charge in [-0.1, -0.05) is 18.9 Å². The van der Waals surface area contributed by atoms with Gasteiger partial charge in [0.15, 0.2) is 0 Å². The van der Waals surface area contributed by atoms with Crippen LogP contribution in [0.25, 0.3) is 0 Å². The molecule has 7 heteroatoms. The van der Waals surface area contributed by atoms with Crippen LogP contribution in [0, 0.1) is 12.8 Å². The molecule has 0 bridgehead atoms. The summed E-state index contributed by atoms with van der Waals surface area (Å²) >= 11 is 0. The summed E-state index contributed by atoms with van der Waals surface area (Å²) in [6, 6.07) is 3.47. The quantitative estimate of drug-likeness (QED) is 0.831. The van der Waals surface area contributed by atoms with Crippen LogP contribution in [0.15, 0.2) is 12.1 Å². The molecule has 1 N–H and O–H groups in total. The Bertz CT molecular complexity index is 598. The van der Waals surface area contributed by atoms with Crippen LogP contribution in [0.2, 0.25) is 0 Å². The third kappa shape index (κ3) is 4.33. The van der Waals surface area contributed by atoms with Crippen LogP contribution in [0.4, 0.5) is 5.82 Å². The third-order valence-electron chi connectivity index (χ3n) is 4.14. The van der Waals surface area contributed by atoms with Gasteiger partial charge in [-0.15, -0.1) is 0 Å². The molecule has 0 saturated heterocycles. The SMILES string of the molecule is COc1ccc(C)c(NS(=O)(=O)CC(OC)C2CCCC2)n1. The molecule has 0 spiro atoms. The Morgan fingerprint density at radius 3 is 2.59 bits per heavy atom. The minimum absolute atomic E-state index is 0.0491. The van der Waals surface area contributed by atoms with Crippen molar-refractivity contribution in [1.82, 2.24) is 4.98 Å². The predicted molar refractivity (Wildman–Crippen MR) is 85.7 cm³/mol. The molecular formula is C15H24N2O4S. The molecular weight excluding hydrogens is 304 g/mol. The van der Waals surface area contributed by atoms with Crippen molar-refractivity contribution in [2.75, 3.05) is 24.7 Å². The van der Waals surface area contributed by atoms with Crippen molar-refractivity contribution >= 4 is 15.8 Å². The van der Waals surface area contributed by atoms with Crippen LogP contribution in [-0.2, 0) is 14.8 Å². The van der Waals surface area contributed by atoms with E-state index in [1.54, 1.807) is 26.2 Å². The second-order valence-corrected chi connectivity index (χ2v) is 7.49. The van der Waals surface area contributed by atoms with Gasteiger partial charge in [-0.3, -0.25) is 4.72 Å². The van der Waals surface area contributed by atoms with Crippen LogP contribution in [-0.4, -0.2) is 39.5 Å². The number of hydrogen-bond acceptors (Lipinski definition) is 5. The van der Waals surface area contributed by atoms with E-state index in [1.165, 1.54) is 7.11 Å². The lowest BCUT2D eigenvalue weighted by molar-refractivity contribution is 0.0718. The monoisotopic (exact) mass is 328 g/mol. The second-order valence-electron chi connectivity index (χ2n) is 5.72. The largest absolute Gasteiger partial charge is 0.481 e. The van der Waals surface area contributed by atoms with E-state index in [4.69, 9.17) is 9.47 Å². The molecule has 2 rings (SSSR count). The van der Waals surface area contributed by atoms with Gasteiger partial charge in [0, 0.05) is 13.2 Å². The fraction of sp³-hybridized carbons (Fsp3) is 0.667. The average Bonchev–Trinajstić information content (AvgIpc) is 3.01. The topological polar surface area (TPSA) is 77.5 Å². The van der Waals surface area contributed by atoms with Gasteiger partial charge in [0.2, 0.25) is 15.9 Å². The van der Waals surface area contributed by atoms with Crippen molar-refractivity contribution in [2.45, 2.75) is 38.7 Å². The van der Waals surface area contributed by atoms with Crippen LogP contribution < -0.4 is 9.46 Å². The number of aryl methyl sites for hydroxylation is 1. The summed E-state index contributed by atoms with van der Waals surface area (Å²) in [5, 5.41) is 0. The van der Waals surface area contributed by atoms with Gasteiger partial charge in [0.1, 0.15) is 5.82 Å². The standard InChI is InChI=1S/C15H24N2O4S/c1-11-8-9-14(21-3)16-15(11)17-22(18,19)10-13(20-2)12-6-4-5-7-12/h8-9,12-13H,4-7,10H2,1-3H3,(H,16,17). The minimum Gasteiger partial charge on any atom is -0.481 e. The van der Waals surface area contributed by atoms with Crippen LogP contribution in [0.1, 0.15) is 31.2 Å². The van der Waals surface area contributed by atoms with E-state index in [0.29, 0.717) is 17.6 Å². The molecule has 1 saturated carbocycles. The molecule has 0 aliphatic heterocycles. The molecule has 1 heterocycles. The number of rotatable bonds is 7. The van der Waals surface area contributed by atoms with E-state index in [0.717, 1.165) is 31.2 Å². The molecule has 6 nitrogen and oxygen atoms in total. The van der Waals surface area contributed by atoms with Crippen molar-refractivity contribution in [1.29, 1.82) is 0 Å². The van der Waals surface area contributed by atoms with Crippen molar-refractivity contribution < 1.29 is 17.9 Å².